The van der Waals surface area contributed by atoms with Gasteiger partial charge in [-0.1, -0.05) is 42.3 Å². The summed E-state index contributed by atoms with van der Waals surface area (Å²) in [5.74, 6) is -1.32. The van der Waals surface area contributed by atoms with Gasteiger partial charge in [0.25, 0.3) is 17.3 Å². The van der Waals surface area contributed by atoms with Crippen LogP contribution in [-0.2, 0) is 22.7 Å². The van der Waals surface area contributed by atoms with Gasteiger partial charge in [0, 0.05) is 61.4 Å². The van der Waals surface area contributed by atoms with Gasteiger partial charge in [-0.2, -0.15) is 5.26 Å². The van der Waals surface area contributed by atoms with E-state index < -0.39 is 39.4 Å². The zero-order chi connectivity index (χ0) is 51.8. The van der Waals surface area contributed by atoms with Crippen LogP contribution >= 0.6 is 0 Å². The largest absolute Gasteiger partial charge is 0.459 e. The predicted octanol–water partition coefficient (Wildman–Crippen LogP) is 10.1. The molecule has 4 aliphatic rings. The number of carbonyl (C=O) groups is 1. The van der Waals surface area contributed by atoms with E-state index in [1.54, 1.807) is 77.7 Å². The molecule has 0 radical (unpaired) electrons. The summed E-state index contributed by atoms with van der Waals surface area (Å²) >= 11 is 0. The average Bonchev–Trinajstić information content (AvgIpc) is 3.92. The van der Waals surface area contributed by atoms with Crippen molar-refractivity contribution in [2.24, 2.45) is 22.9 Å². The van der Waals surface area contributed by atoms with Crippen LogP contribution in [-0.4, -0.2) is 75.0 Å². The first-order valence-electron chi connectivity index (χ1n) is 24.6. The summed E-state index contributed by atoms with van der Waals surface area (Å²) in [5.41, 5.74) is 3.81. The summed E-state index contributed by atoms with van der Waals surface area (Å²) in [7, 11) is 0. The standard InChI is InChI=1S/C56H55N5O13/c1-2-26-71-56-52(59(55(64)39-17-12-36(32-57)13-18-39)33-38-16-22-50-51(27-38)70-35-69-50)31-48(58-72-34-37-14-19-41(20-15-37)60(65)66)46-28-40(8-3-5-24-62)45(11-4-6-25-63)53(54(46)56)47-30-44(21-23-49(47)74-56)73-43-10-7-9-42(29-43)61(67)68/h2,7,9-10,12-23,27-30,40,45,52-54,62-63H,1,3-6,8,11,24-26,31,33-35H2/t40-,45+,52-,53+,54+,56+/m0/s1. The molecule has 1 fully saturated rings. The first-order chi connectivity index (χ1) is 36.0. The van der Waals surface area contributed by atoms with Gasteiger partial charge in [0.1, 0.15) is 29.9 Å². The van der Waals surface area contributed by atoms with Gasteiger partial charge in [-0.25, -0.2) is 0 Å². The highest BCUT2D eigenvalue weighted by molar-refractivity contribution is 6.03. The number of fused-ring (bicyclic) bond motifs is 3. The van der Waals surface area contributed by atoms with E-state index in [1.807, 2.05) is 18.2 Å². The third-order valence-corrected chi connectivity index (χ3v) is 14.1. The molecule has 74 heavy (non-hydrogen) atoms. The fourth-order valence-corrected chi connectivity index (χ4v) is 10.8. The number of ether oxygens (including phenoxy) is 5. The maximum absolute atomic E-state index is 15.6. The Morgan fingerprint density at radius 3 is 2.30 bits per heavy atom. The van der Waals surface area contributed by atoms with Crippen LogP contribution in [0.25, 0.3) is 0 Å². The lowest BCUT2D eigenvalue weighted by molar-refractivity contribution is -0.385. The minimum atomic E-state index is -1.67. The van der Waals surface area contributed by atoms with Crippen molar-refractivity contribution < 1.29 is 53.4 Å². The van der Waals surface area contributed by atoms with Gasteiger partial charge in [0.2, 0.25) is 12.6 Å². The number of aliphatic hydroxyl groups excluding tert-OH is 2. The molecule has 18 nitrogen and oxygen atoms in total. The van der Waals surface area contributed by atoms with Gasteiger partial charge >= 0.3 is 0 Å². The van der Waals surface area contributed by atoms with Gasteiger partial charge in [-0.15, -0.1) is 6.58 Å². The normalized spacial score (nSPS) is 21.5. The molecule has 5 aromatic rings. The number of hydrogen-bond acceptors (Lipinski definition) is 15. The lowest BCUT2D eigenvalue weighted by Crippen LogP contribution is -2.70. The van der Waals surface area contributed by atoms with Crippen LogP contribution in [0.3, 0.4) is 0 Å². The average molecular weight is 1010 g/mol. The number of allylic oxidation sites excluding steroid dienone is 1. The van der Waals surface area contributed by atoms with Crippen LogP contribution in [0, 0.1) is 49.3 Å². The lowest BCUT2D eigenvalue weighted by atomic mass is 9.55. The van der Waals surface area contributed by atoms with E-state index in [9.17, 15) is 35.7 Å². The molecule has 0 saturated heterocycles. The highest BCUT2D eigenvalue weighted by Crippen LogP contribution is 2.62. The predicted molar refractivity (Wildman–Crippen MR) is 270 cm³/mol. The van der Waals surface area contributed by atoms with Crippen molar-refractivity contribution in [3.63, 3.8) is 0 Å². The number of oxime groups is 1. The number of nitriles is 1. The monoisotopic (exact) mass is 1010 g/mol. The second-order valence-corrected chi connectivity index (χ2v) is 18.6. The molecular formula is C56H55N5O13. The van der Waals surface area contributed by atoms with Gasteiger partial charge < -0.3 is 43.6 Å². The Hall–Kier alpha value is -8.11. The molecule has 2 N–H and O–H groups in total. The number of rotatable bonds is 22. The third-order valence-electron chi connectivity index (χ3n) is 14.1. The number of nitrogens with zero attached hydrogens (tertiary/aromatic N) is 5. The molecule has 0 aromatic heterocycles. The molecule has 1 amide bonds. The zero-order valence-electron chi connectivity index (χ0n) is 40.5. The van der Waals surface area contributed by atoms with E-state index in [0.29, 0.717) is 89.5 Å². The Balaban J connectivity index is 1.26. The van der Waals surface area contributed by atoms with Crippen molar-refractivity contribution in [1.82, 2.24) is 4.90 Å². The highest BCUT2D eigenvalue weighted by Gasteiger charge is 2.65. The van der Waals surface area contributed by atoms with Gasteiger partial charge in [0.05, 0.1) is 45.8 Å². The minimum absolute atomic E-state index is 0.00252. The summed E-state index contributed by atoms with van der Waals surface area (Å²) in [4.78, 5) is 45.8. The molecule has 9 rings (SSSR count). The number of amides is 1. The molecule has 6 atom stereocenters. The fourth-order valence-electron chi connectivity index (χ4n) is 10.8. The van der Waals surface area contributed by atoms with Crippen molar-refractivity contribution in [3.05, 3.63) is 182 Å². The van der Waals surface area contributed by atoms with Gasteiger partial charge in [-0.05, 0) is 127 Å². The maximum atomic E-state index is 15.6. The van der Waals surface area contributed by atoms with E-state index in [0.717, 1.165) is 11.1 Å². The number of nitro benzene ring substituents is 2. The summed E-state index contributed by atoms with van der Waals surface area (Å²) in [6.45, 7) is 4.05. The number of hydrogen-bond donors (Lipinski definition) is 2. The van der Waals surface area contributed by atoms with Crippen LogP contribution in [0.4, 0.5) is 11.4 Å². The Morgan fingerprint density at radius 1 is 0.851 bits per heavy atom. The molecule has 2 aliphatic heterocycles. The Morgan fingerprint density at radius 2 is 1.57 bits per heavy atom. The topological polar surface area (TPSA) is 239 Å². The summed E-state index contributed by atoms with van der Waals surface area (Å²) in [6, 6.07) is 30.3. The van der Waals surface area contributed by atoms with E-state index >= 15 is 4.79 Å². The van der Waals surface area contributed by atoms with Gasteiger partial charge in [-0.3, -0.25) is 25.0 Å². The first-order valence-corrected chi connectivity index (χ1v) is 24.6. The zero-order valence-corrected chi connectivity index (χ0v) is 40.5. The summed E-state index contributed by atoms with van der Waals surface area (Å²) < 4.78 is 32.5. The number of aliphatic hydroxyl groups is 2. The number of non-ortho nitro benzene ring substituents is 2. The number of nitro groups is 2. The van der Waals surface area contributed by atoms with Crippen LogP contribution in [0.1, 0.15) is 83.5 Å². The Bertz CT molecular complexity index is 2990. The van der Waals surface area contributed by atoms with E-state index in [-0.39, 0.29) is 75.1 Å². The van der Waals surface area contributed by atoms with Crippen LogP contribution in [0.5, 0.6) is 28.7 Å². The molecule has 2 heterocycles. The van der Waals surface area contributed by atoms with E-state index in [1.165, 1.54) is 24.3 Å². The van der Waals surface area contributed by atoms with Crippen molar-refractivity contribution >= 4 is 23.0 Å². The first kappa shape index (κ1) is 50.8. The number of unbranched alkanes of at least 4 members (excludes halogenated alkanes) is 2. The van der Waals surface area contributed by atoms with E-state index in [4.69, 9.17) is 33.7 Å². The highest BCUT2D eigenvalue weighted by atomic mass is 16.7. The quantitative estimate of drug-likeness (QED) is 0.0284. The fraction of sp³-hybridized carbons (Fsp3) is 0.339. The summed E-state index contributed by atoms with van der Waals surface area (Å²) in [6.07, 6.45) is 7.69. The molecule has 0 unspecified atom stereocenters. The smallest absolute Gasteiger partial charge is 0.273 e. The number of carbonyl (C=O) groups excluding carboxylic acids is 1. The summed E-state index contributed by atoms with van der Waals surface area (Å²) in [5, 5.41) is 58.1. The molecule has 5 aromatic carbocycles. The Labute approximate surface area is 426 Å². The SMILES string of the molecule is C=CCO[C@@]12Oc3ccc(Oc4cccc([N+](=O)[O-])c4)cc3[C@H]3[C@H](CCCCO)[C@@H](CCCCO)C=C(C(=NOCc4ccc([N+](=O)[O-])cc4)C[C@@H]1N(Cc1ccc4c(c1)OCO4)C(=O)c1ccc(C#N)cc1)[C@H]32. The lowest BCUT2D eigenvalue weighted by Gasteiger charge is -2.60. The maximum Gasteiger partial charge on any atom is 0.273 e. The molecule has 382 valence electrons. The molecule has 2 aliphatic carbocycles. The third kappa shape index (κ3) is 10.7. The second kappa shape index (κ2) is 22.8. The molecule has 0 spiro atoms. The van der Waals surface area contributed by atoms with Gasteiger partial charge in [0.15, 0.2) is 11.5 Å². The molecular weight excluding hydrogens is 951 g/mol. The molecule has 1 saturated carbocycles. The van der Waals surface area contributed by atoms with Crippen LogP contribution in [0.2, 0.25) is 0 Å². The van der Waals surface area contributed by atoms with Crippen molar-refractivity contribution in [2.75, 3.05) is 26.6 Å². The second-order valence-electron chi connectivity index (χ2n) is 18.6. The molecule has 18 heteroatoms. The Kier molecular flexibility index (Phi) is 15.6. The van der Waals surface area contributed by atoms with Crippen molar-refractivity contribution in [2.45, 2.75) is 75.8 Å². The number of benzene rings is 5. The van der Waals surface area contributed by atoms with Crippen LogP contribution in [0.15, 0.2) is 139 Å². The molecule has 0 bridgehead atoms. The van der Waals surface area contributed by atoms with Crippen molar-refractivity contribution in [3.8, 4) is 34.8 Å². The minimum Gasteiger partial charge on any atom is -0.459 e. The van der Waals surface area contributed by atoms with E-state index in [2.05, 4.69) is 18.7 Å². The van der Waals surface area contributed by atoms with Crippen LogP contribution < -0.4 is 18.9 Å². The van der Waals surface area contributed by atoms with Crippen molar-refractivity contribution in [1.29, 1.82) is 5.26 Å².